The molecule has 1 heterocycles. The first-order valence-corrected chi connectivity index (χ1v) is 9.39. The van der Waals surface area contributed by atoms with E-state index in [0.717, 1.165) is 10.6 Å². The summed E-state index contributed by atoms with van der Waals surface area (Å²) in [6, 6.07) is 11.9. The number of β-lactam (4-membered cyclic amide) rings is 1. The first-order chi connectivity index (χ1) is 11.9. The minimum atomic E-state index is -0.857. The summed E-state index contributed by atoms with van der Waals surface area (Å²) in [7, 11) is 0. The average Bonchev–Trinajstić information content (AvgIpc) is 2.59. The standard InChI is InChI=1S/C17H13Br2ClN2O3/c18-10-7-11(16(24)12(19)8-10)15-14(20)17(25)22(15)21-13(23)6-9-4-2-1-3-5-9/h1-5,7-8,14-15,24H,6H2,(H,21,23)/t14-,15-/m1/s1. The zero-order valence-corrected chi connectivity index (χ0v) is 16.7. The Bertz CT molecular complexity index is 832. The molecule has 2 aromatic rings. The van der Waals surface area contributed by atoms with Gasteiger partial charge in [-0.15, -0.1) is 11.6 Å². The van der Waals surface area contributed by atoms with Crippen molar-refractivity contribution in [3.8, 4) is 5.75 Å². The summed E-state index contributed by atoms with van der Waals surface area (Å²) < 4.78 is 1.18. The summed E-state index contributed by atoms with van der Waals surface area (Å²) in [5, 5.41) is 10.6. The van der Waals surface area contributed by atoms with Crippen molar-refractivity contribution in [2.24, 2.45) is 0 Å². The van der Waals surface area contributed by atoms with Gasteiger partial charge in [0.1, 0.15) is 17.2 Å². The Balaban J connectivity index is 1.79. The molecule has 1 saturated heterocycles. The van der Waals surface area contributed by atoms with Crippen LogP contribution < -0.4 is 5.43 Å². The van der Waals surface area contributed by atoms with E-state index in [1.165, 1.54) is 0 Å². The van der Waals surface area contributed by atoms with Gasteiger partial charge in [-0.25, -0.2) is 5.01 Å². The molecule has 1 fully saturated rings. The molecule has 5 nitrogen and oxygen atoms in total. The minimum absolute atomic E-state index is 0.0198. The van der Waals surface area contributed by atoms with Gasteiger partial charge in [0, 0.05) is 10.0 Å². The summed E-state index contributed by atoms with van der Waals surface area (Å²) in [6.07, 6.45) is 0.137. The van der Waals surface area contributed by atoms with Crippen LogP contribution in [0.25, 0.3) is 0 Å². The molecule has 1 aliphatic rings. The van der Waals surface area contributed by atoms with Crippen molar-refractivity contribution >= 4 is 55.3 Å². The Labute approximate surface area is 166 Å². The number of carbonyl (C=O) groups is 2. The van der Waals surface area contributed by atoms with Crippen LogP contribution in [0.2, 0.25) is 0 Å². The van der Waals surface area contributed by atoms with E-state index in [2.05, 4.69) is 37.3 Å². The van der Waals surface area contributed by atoms with Crippen molar-refractivity contribution < 1.29 is 14.7 Å². The number of aromatic hydroxyl groups is 1. The highest BCUT2D eigenvalue weighted by Crippen LogP contribution is 2.44. The third-order valence-electron chi connectivity index (χ3n) is 3.86. The maximum atomic E-state index is 12.2. The molecule has 2 atom stereocenters. The summed E-state index contributed by atoms with van der Waals surface area (Å²) in [6.45, 7) is 0. The monoisotopic (exact) mass is 486 g/mol. The number of nitrogens with one attached hydrogen (secondary N) is 1. The molecule has 2 amide bonds. The summed E-state index contributed by atoms with van der Waals surface area (Å²) in [5.41, 5.74) is 3.86. The quantitative estimate of drug-likeness (QED) is 0.510. The second-order valence-corrected chi connectivity index (χ2v) is 7.82. The third-order valence-corrected chi connectivity index (χ3v) is 5.35. The van der Waals surface area contributed by atoms with Gasteiger partial charge in [0.15, 0.2) is 0 Å². The van der Waals surface area contributed by atoms with Crippen molar-refractivity contribution in [2.75, 3.05) is 0 Å². The van der Waals surface area contributed by atoms with E-state index in [9.17, 15) is 14.7 Å². The smallest absolute Gasteiger partial charge is 0.262 e. The number of rotatable bonds is 4. The zero-order valence-electron chi connectivity index (χ0n) is 12.7. The van der Waals surface area contributed by atoms with Gasteiger partial charge in [0.05, 0.1) is 10.9 Å². The van der Waals surface area contributed by atoms with Gasteiger partial charge < -0.3 is 5.11 Å². The molecular formula is C17H13Br2ClN2O3. The average molecular weight is 489 g/mol. The fraction of sp³-hybridized carbons (Fsp3) is 0.176. The van der Waals surface area contributed by atoms with Crippen LogP contribution in [0.4, 0.5) is 0 Å². The van der Waals surface area contributed by atoms with Crippen LogP contribution >= 0.6 is 43.5 Å². The lowest BCUT2D eigenvalue weighted by Gasteiger charge is -2.44. The van der Waals surface area contributed by atoms with Crippen molar-refractivity contribution in [1.29, 1.82) is 0 Å². The van der Waals surface area contributed by atoms with Gasteiger partial charge in [0.2, 0.25) is 5.91 Å². The second kappa shape index (κ2) is 7.35. The molecule has 1 aliphatic heterocycles. The fourth-order valence-corrected chi connectivity index (χ4v) is 4.25. The molecule has 0 bridgehead atoms. The van der Waals surface area contributed by atoms with Crippen LogP contribution in [0.3, 0.4) is 0 Å². The van der Waals surface area contributed by atoms with E-state index in [1.54, 1.807) is 12.1 Å². The first kappa shape index (κ1) is 18.2. The lowest BCUT2D eigenvalue weighted by Crippen LogP contribution is -2.63. The number of carbonyl (C=O) groups excluding carboxylic acids is 2. The second-order valence-electron chi connectivity index (χ2n) is 5.58. The van der Waals surface area contributed by atoms with E-state index < -0.39 is 17.3 Å². The number of phenolic OH excluding ortho intramolecular Hbond substituents is 1. The summed E-state index contributed by atoms with van der Waals surface area (Å²) in [5.74, 6) is -0.765. The number of hydrogen-bond donors (Lipinski definition) is 2. The number of nitrogens with zero attached hydrogens (tertiary/aromatic N) is 1. The molecule has 0 aromatic heterocycles. The molecule has 0 aliphatic carbocycles. The van der Waals surface area contributed by atoms with Gasteiger partial charge in [-0.05, 0) is 33.6 Å². The minimum Gasteiger partial charge on any atom is -0.506 e. The molecule has 0 radical (unpaired) electrons. The molecule has 0 spiro atoms. The molecule has 2 aromatic carbocycles. The maximum Gasteiger partial charge on any atom is 0.262 e. The maximum absolute atomic E-state index is 12.2. The normalized spacial score (nSPS) is 19.5. The molecule has 25 heavy (non-hydrogen) atoms. The lowest BCUT2D eigenvalue weighted by molar-refractivity contribution is -0.156. The van der Waals surface area contributed by atoms with E-state index in [0.29, 0.717) is 14.5 Å². The van der Waals surface area contributed by atoms with Gasteiger partial charge in [-0.2, -0.15) is 0 Å². The summed E-state index contributed by atoms with van der Waals surface area (Å²) in [4.78, 5) is 24.3. The molecular weight excluding hydrogens is 475 g/mol. The molecule has 8 heteroatoms. The number of hydrogen-bond acceptors (Lipinski definition) is 3. The Morgan fingerprint density at radius 3 is 2.60 bits per heavy atom. The third kappa shape index (κ3) is 3.68. The lowest BCUT2D eigenvalue weighted by atomic mass is 9.94. The van der Waals surface area contributed by atoms with Crippen molar-refractivity contribution in [3.05, 3.63) is 62.5 Å². The first-order valence-electron chi connectivity index (χ1n) is 7.37. The van der Waals surface area contributed by atoms with Crippen molar-refractivity contribution in [1.82, 2.24) is 10.4 Å². The Kier molecular flexibility index (Phi) is 5.36. The highest BCUT2D eigenvalue weighted by atomic mass is 79.9. The molecule has 0 unspecified atom stereocenters. The summed E-state index contributed by atoms with van der Waals surface area (Å²) >= 11 is 12.7. The molecule has 0 saturated carbocycles. The number of benzene rings is 2. The van der Waals surface area contributed by atoms with Crippen LogP contribution in [-0.2, 0) is 16.0 Å². The molecule has 3 rings (SSSR count). The Morgan fingerprint density at radius 2 is 1.92 bits per heavy atom. The van der Waals surface area contributed by atoms with Crippen LogP contribution in [0.15, 0.2) is 51.4 Å². The van der Waals surface area contributed by atoms with Gasteiger partial charge in [0.25, 0.3) is 5.91 Å². The van der Waals surface area contributed by atoms with E-state index in [4.69, 9.17) is 11.6 Å². The van der Waals surface area contributed by atoms with E-state index >= 15 is 0 Å². The Morgan fingerprint density at radius 1 is 1.24 bits per heavy atom. The van der Waals surface area contributed by atoms with E-state index in [1.807, 2.05) is 30.3 Å². The van der Waals surface area contributed by atoms with Crippen LogP contribution in [0, 0.1) is 0 Å². The number of hydrazine groups is 1. The Hall–Kier alpha value is -1.57. The fourth-order valence-electron chi connectivity index (χ4n) is 2.64. The van der Waals surface area contributed by atoms with E-state index in [-0.39, 0.29) is 18.1 Å². The number of amides is 2. The van der Waals surface area contributed by atoms with Gasteiger partial charge in [-0.1, -0.05) is 46.3 Å². The van der Waals surface area contributed by atoms with Crippen LogP contribution in [0.1, 0.15) is 17.2 Å². The van der Waals surface area contributed by atoms with Crippen LogP contribution in [-0.4, -0.2) is 27.3 Å². The van der Waals surface area contributed by atoms with Crippen molar-refractivity contribution in [2.45, 2.75) is 17.8 Å². The topological polar surface area (TPSA) is 69.6 Å². The predicted octanol–water partition coefficient (Wildman–Crippen LogP) is 3.68. The largest absolute Gasteiger partial charge is 0.506 e. The van der Waals surface area contributed by atoms with Gasteiger partial charge in [-0.3, -0.25) is 15.0 Å². The van der Waals surface area contributed by atoms with Crippen LogP contribution in [0.5, 0.6) is 5.75 Å². The molecule has 2 N–H and O–H groups in total. The highest BCUT2D eigenvalue weighted by molar-refractivity contribution is 9.11. The number of alkyl halides is 1. The zero-order chi connectivity index (χ0) is 18.1. The predicted molar refractivity (Wildman–Crippen MR) is 101 cm³/mol. The SMILES string of the molecule is O=C(Cc1ccccc1)NN1C(=O)[C@H](Cl)[C@H]1c1cc(Br)cc(Br)c1O. The van der Waals surface area contributed by atoms with Gasteiger partial charge >= 0.3 is 0 Å². The molecule has 130 valence electrons. The number of phenols is 1. The van der Waals surface area contributed by atoms with Crippen molar-refractivity contribution in [3.63, 3.8) is 0 Å². The number of halogens is 3. The highest BCUT2D eigenvalue weighted by Gasteiger charge is 2.49.